The van der Waals surface area contributed by atoms with E-state index < -0.39 is 4.92 Å². The Labute approximate surface area is 32.8 Å². The van der Waals surface area contributed by atoms with Gasteiger partial charge in [-0.25, -0.2) is 0 Å². The van der Waals surface area contributed by atoms with E-state index in [0.29, 0.717) is 0 Å². The molecular formula is CHN3O2. The lowest BCUT2D eigenvalue weighted by molar-refractivity contribution is -0.347. The zero-order valence-electron chi connectivity index (χ0n) is 2.71. The summed E-state index contributed by atoms with van der Waals surface area (Å²) in [6.45, 7) is 0. The summed E-state index contributed by atoms with van der Waals surface area (Å²) in [7, 11) is 0. The predicted octanol–water partition coefficient (Wildman–Crippen LogP) is -0.863. The average molecular weight is 87.0 g/mol. The first-order valence-corrected chi connectivity index (χ1v) is 1.29. The molecule has 1 aliphatic heterocycles. The van der Waals surface area contributed by atoms with Gasteiger partial charge < -0.3 is 10.1 Å². The van der Waals surface area contributed by atoms with Crippen LogP contribution in [0.3, 0.4) is 0 Å². The zero-order valence-corrected chi connectivity index (χ0v) is 2.71. The van der Waals surface area contributed by atoms with Gasteiger partial charge in [-0.2, -0.15) is 0 Å². The summed E-state index contributed by atoms with van der Waals surface area (Å²) in [6.07, 6.45) is 0. The highest BCUT2D eigenvalue weighted by molar-refractivity contribution is 5.80. The fraction of sp³-hybridized carbons (Fsp3) is 0. The van der Waals surface area contributed by atoms with Crippen LogP contribution >= 0.6 is 0 Å². The van der Waals surface area contributed by atoms with Crippen LogP contribution in [0.1, 0.15) is 0 Å². The maximum absolute atomic E-state index is 9.37. The summed E-state index contributed by atoms with van der Waals surface area (Å²) in [6, 6.07) is 0. The van der Waals surface area contributed by atoms with Crippen LogP contribution in [-0.4, -0.2) is 10.9 Å². The molecule has 1 N–H and O–H groups in total. The number of guanidine groups is 1. The van der Waals surface area contributed by atoms with Gasteiger partial charge in [0, 0.05) is 0 Å². The van der Waals surface area contributed by atoms with Crippen molar-refractivity contribution in [3.8, 4) is 0 Å². The number of hydrogen-bond acceptors (Lipinski definition) is 4. The van der Waals surface area contributed by atoms with Crippen LogP contribution in [0.25, 0.3) is 0 Å². The van der Waals surface area contributed by atoms with E-state index in [9.17, 15) is 10.1 Å². The molecule has 0 saturated heterocycles. The molecule has 0 aliphatic carbocycles. The van der Waals surface area contributed by atoms with Gasteiger partial charge in [-0.05, 0) is 4.92 Å². The van der Waals surface area contributed by atoms with E-state index in [1.54, 1.807) is 0 Å². The lowest BCUT2D eigenvalue weighted by atomic mass is 11.2. The summed E-state index contributed by atoms with van der Waals surface area (Å²) in [5, 5.41) is 12.4. The van der Waals surface area contributed by atoms with Crippen LogP contribution in [0.5, 0.6) is 0 Å². The summed E-state index contributed by atoms with van der Waals surface area (Å²) in [5.74, 6) is -0.144. The Morgan fingerprint density at radius 2 is 2.50 bits per heavy atom. The minimum absolute atomic E-state index is 0.144. The molecule has 0 atom stereocenters. The van der Waals surface area contributed by atoms with Gasteiger partial charge in [0.2, 0.25) is 0 Å². The molecule has 0 spiro atoms. The molecule has 1 aliphatic rings. The minimum atomic E-state index is -0.583. The third-order valence-corrected chi connectivity index (χ3v) is 0.385. The second-order valence-corrected chi connectivity index (χ2v) is 0.804. The first-order chi connectivity index (χ1) is 2.80. The molecule has 6 heavy (non-hydrogen) atoms. The molecule has 0 radical (unpaired) electrons. The topological polar surface area (TPSA) is 77.4 Å². The predicted molar refractivity (Wildman–Crippen MR) is 17.6 cm³/mol. The van der Waals surface area contributed by atoms with E-state index in [1.807, 2.05) is 0 Å². The first-order valence-electron chi connectivity index (χ1n) is 1.29. The van der Waals surface area contributed by atoms with Crippen molar-refractivity contribution in [2.75, 3.05) is 0 Å². The summed E-state index contributed by atoms with van der Waals surface area (Å²) < 4.78 is 0. The third-order valence-electron chi connectivity index (χ3n) is 0.385. The van der Waals surface area contributed by atoms with E-state index in [0.717, 1.165) is 0 Å². The third kappa shape index (κ3) is 0.291. The molecule has 0 aromatic heterocycles. The van der Waals surface area contributed by atoms with Gasteiger partial charge in [-0.1, -0.05) is 5.43 Å². The van der Waals surface area contributed by atoms with Crippen molar-refractivity contribution in [2.45, 2.75) is 0 Å². The van der Waals surface area contributed by atoms with E-state index in [1.165, 1.54) is 0 Å². The minimum Gasteiger partial charge on any atom is -0.390 e. The van der Waals surface area contributed by atoms with Gasteiger partial charge in [0.1, 0.15) is 0 Å². The normalized spacial score (nSPS) is 15.0. The summed E-state index contributed by atoms with van der Waals surface area (Å²) in [4.78, 5) is 8.79. The lowest BCUT2D eigenvalue weighted by Gasteiger charge is -1.75. The van der Waals surface area contributed by atoms with Crippen LogP contribution in [0, 0.1) is 10.1 Å². The Balaban J connectivity index is 2.52. The molecule has 5 heteroatoms. The Morgan fingerprint density at radius 3 is 2.50 bits per heavy atom. The van der Waals surface area contributed by atoms with Crippen LogP contribution in [-0.2, 0) is 0 Å². The Hall–Kier alpha value is -1.13. The summed E-state index contributed by atoms with van der Waals surface area (Å²) in [5.41, 5.74) is 2.08. The number of rotatable bonds is 0. The Bertz CT molecular complexity index is 116. The van der Waals surface area contributed by atoms with Crippen LogP contribution in [0.15, 0.2) is 5.10 Å². The molecule has 0 amide bonds. The summed E-state index contributed by atoms with van der Waals surface area (Å²) >= 11 is 0. The fourth-order valence-corrected chi connectivity index (χ4v) is 0.107. The highest BCUT2D eigenvalue weighted by Gasteiger charge is 2.25. The van der Waals surface area contributed by atoms with E-state index in [4.69, 9.17) is 0 Å². The number of hydrazone groups is 1. The Kier molecular flexibility index (Phi) is 0.346. The van der Waals surface area contributed by atoms with Crippen LogP contribution in [0.2, 0.25) is 0 Å². The second-order valence-electron chi connectivity index (χ2n) is 0.804. The molecular weight excluding hydrogens is 86.0 g/mol. The van der Waals surface area contributed by atoms with Crippen molar-refractivity contribution >= 4 is 5.96 Å². The van der Waals surface area contributed by atoms with Crippen molar-refractivity contribution in [2.24, 2.45) is 5.10 Å². The molecule has 0 saturated carbocycles. The van der Waals surface area contributed by atoms with Crippen molar-refractivity contribution in [3.05, 3.63) is 10.1 Å². The van der Waals surface area contributed by atoms with Crippen molar-refractivity contribution < 1.29 is 4.92 Å². The SMILES string of the molecule is O=[N+]([O-])C1=NN1. The number of nitrogens with one attached hydrogen (secondary N) is 1. The number of hydrogen-bond donors (Lipinski definition) is 1. The Morgan fingerprint density at radius 1 is 2.00 bits per heavy atom. The van der Waals surface area contributed by atoms with Gasteiger partial charge in [-0.15, -0.1) is 0 Å². The molecule has 0 aromatic carbocycles. The van der Waals surface area contributed by atoms with Crippen molar-refractivity contribution in [3.63, 3.8) is 0 Å². The monoisotopic (exact) mass is 87.0 g/mol. The van der Waals surface area contributed by atoms with E-state index in [2.05, 4.69) is 10.5 Å². The number of nitrogens with zero attached hydrogens (tertiary/aromatic N) is 2. The molecule has 0 bridgehead atoms. The quantitative estimate of drug-likeness (QED) is 0.308. The number of nitro groups is 1. The van der Waals surface area contributed by atoms with E-state index >= 15 is 0 Å². The highest BCUT2D eigenvalue weighted by atomic mass is 16.6. The largest absolute Gasteiger partial charge is 0.497 e. The zero-order chi connectivity index (χ0) is 4.57. The van der Waals surface area contributed by atoms with Gasteiger partial charge >= 0.3 is 5.96 Å². The molecule has 1 heterocycles. The molecule has 5 nitrogen and oxygen atoms in total. The van der Waals surface area contributed by atoms with Crippen molar-refractivity contribution in [1.82, 2.24) is 5.43 Å². The lowest BCUT2D eigenvalue weighted by Crippen LogP contribution is -2.04. The maximum Gasteiger partial charge on any atom is 0.497 e. The molecule has 1 rings (SSSR count). The van der Waals surface area contributed by atoms with Gasteiger partial charge in [0.15, 0.2) is 0 Å². The standard InChI is InChI=1S/CHN3O2/c5-4(6)1-2-3-1/h(H,2,3). The highest BCUT2D eigenvalue weighted by Crippen LogP contribution is 1.83. The smallest absolute Gasteiger partial charge is 0.390 e. The average Bonchev–Trinajstić information content (AvgIpc) is 2.06. The second kappa shape index (κ2) is 0.675. The molecule has 32 valence electrons. The van der Waals surface area contributed by atoms with Crippen LogP contribution in [0.4, 0.5) is 0 Å². The van der Waals surface area contributed by atoms with E-state index in [-0.39, 0.29) is 5.96 Å². The van der Waals surface area contributed by atoms with Crippen molar-refractivity contribution in [1.29, 1.82) is 0 Å². The van der Waals surface area contributed by atoms with Gasteiger partial charge in [-0.3, -0.25) is 0 Å². The molecule has 0 unspecified atom stereocenters. The maximum atomic E-state index is 9.37. The van der Waals surface area contributed by atoms with Crippen LogP contribution < -0.4 is 5.43 Å². The molecule has 0 aromatic rings. The fourth-order valence-electron chi connectivity index (χ4n) is 0.107. The van der Waals surface area contributed by atoms with Gasteiger partial charge in [0.25, 0.3) is 0 Å². The molecule has 0 fully saturated rings. The van der Waals surface area contributed by atoms with Gasteiger partial charge in [0.05, 0.1) is 5.10 Å². The first kappa shape index (κ1) is 3.08.